The molecule has 0 saturated carbocycles. The predicted molar refractivity (Wildman–Crippen MR) is 143 cm³/mol. The lowest BCUT2D eigenvalue weighted by Crippen LogP contribution is -2.51. The van der Waals surface area contributed by atoms with Gasteiger partial charge < -0.3 is 10.2 Å². The van der Waals surface area contributed by atoms with Gasteiger partial charge in [0.05, 0.1) is 11.2 Å². The van der Waals surface area contributed by atoms with Gasteiger partial charge in [-0.3, -0.25) is 14.8 Å². The number of carbonyl (C=O) groups is 1. The molecule has 6 rings (SSSR count). The summed E-state index contributed by atoms with van der Waals surface area (Å²) >= 11 is 0. The lowest BCUT2D eigenvalue weighted by Gasteiger charge is -2.43. The van der Waals surface area contributed by atoms with Crippen LogP contribution in [-0.2, 0) is 13.0 Å². The Hall–Kier alpha value is -3.85. The number of aromatic nitrogens is 5. The Morgan fingerprint density at radius 3 is 2.76 bits per heavy atom. The van der Waals surface area contributed by atoms with Crippen LogP contribution >= 0.6 is 0 Å². The van der Waals surface area contributed by atoms with Crippen molar-refractivity contribution in [2.24, 2.45) is 0 Å². The van der Waals surface area contributed by atoms with Gasteiger partial charge in [-0.05, 0) is 75.1 Å². The van der Waals surface area contributed by atoms with Crippen molar-refractivity contribution in [1.82, 2.24) is 35.2 Å². The molecule has 2 aromatic heterocycles. The van der Waals surface area contributed by atoms with Gasteiger partial charge in [0.2, 0.25) is 5.95 Å². The summed E-state index contributed by atoms with van der Waals surface area (Å²) in [6.45, 7) is 8.93. The first kappa shape index (κ1) is 23.5. The summed E-state index contributed by atoms with van der Waals surface area (Å²) in [6, 6.07) is 12.5. The van der Waals surface area contributed by atoms with E-state index in [0.717, 1.165) is 61.3 Å². The minimum Gasteiger partial charge on any atom is -0.336 e. The largest absolute Gasteiger partial charge is 0.336 e. The van der Waals surface area contributed by atoms with Crippen molar-refractivity contribution in [2.45, 2.75) is 58.7 Å². The fourth-order valence-electron chi connectivity index (χ4n) is 5.81. The van der Waals surface area contributed by atoms with E-state index in [4.69, 9.17) is 4.98 Å². The molecule has 2 aliphatic heterocycles. The van der Waals surface area contributed by atoms with Crippen LogP contribution in [0.1, 0.15) is 52.5 Å². The molecule has 0 spiro atoms. The van der Waals surface area contributed by atoms with Gasteiger partial charge in [-0.2, -0.15) is 0 Å². The van der Waals surface area contributed by atoms with Crippen LogP contribution in [0.15, 0.2) is 42.6 Å². The molecular weight excluding hydrogens is 464 g/mol. The maximum atomic E-state index is 13.3. The first-order chi connectivity index (χ1) is 17.9. The normalized spacial score (nSPS) is 20.1. The summed E-state index contributed by atoms with van der Waals surface area (Å²) in [4.78, 5) is 27.3. The molecule has 1 amide bonds. The number of amides is 1. The van der Waals surface area contributed by atoms with Gasteiger partial charge in [-0.15, -0.1) is 5.10 Å². The maximum absolute atomic E-state index is 13.3. The van der Waals surface area contributed by atoms with Crippen molar-refractivity contribution in [3.63, 3.8) is 0 Å². The molecule has 9 heteroatoms. The number of piperidine rings is 1. The SMILES string of the molecule is Cc1cc(C)cc(Nc2ncc3c(n2)CCN(C2CCN(C(=O)c4ccc5[nH]nnc5c4)[C@@H](C)C2)C3)c1. The molecule has 0 radical (unpaired) electrons. The number of anilines is 2. The number of likely N-dealkylation sites (tertiary alicyclic amines) is 1. The smallest absolute Gasteiger partial charge is 0.254 e. The molecule has 9 nitrogen and oxygen atoms in total. The zero-order chi connectivity index (χ0) is 25.5. The third-order valence-corrected chi connectivity index (χ3v) is 7.64. The highest BCUT2D eigenvalue weighted by atomic mass is 16.2. The van der Waals surface area contributed by atoms with Gasteiger partial charge in [-0.25, -0.2) is 9.97 Å². The maximum Gasteiger partial charge on any atom is 0.254 e. The first-order valence-corrected chi connectivity index (χ1v) is 13.0. The van der Waals surface area contributed by atoms with Crippen LogP contribution in [0.4, 0.5) is 11.6 Å². The standard InChI is InChI=1S/C28H32N8O/c1-17-10-18(2)12-22(11-17)30-28-29-15-21-16-35(8-7-24(21)31-28)23-6-9-36(19(3)13-23)27(37)20-4-5-25-26(14-20)33-34-32-25/h4-5,10-12,14-15,19,23H,6-9,13,16H2,1-3H3,(H,29,30,31)(H,32,33,34)/t19-,23?/m0/s1. The second kappa shape index (κ2) is 9.55. The molecule has 37 heavy (non-hydrogen) atoms. The number of carbonyl (C=O) groups excluding carboxylic acids is 1. The molecule has 1 saturated heterocycles. The van der Waals surface area contributed by atoms with Gasteiger partial charge in [0.1, 0.15) is 5.52 Å². The molecule has 2 aliphatic rings. The van der Waals surface area contributed by atoms with E-state index in [-0.39, 0.29) is 11.9 Å². The Labute approximate surface area is 216 Å². The van der Waals surface area contributed by atoms with Gasteiger partial charge in [0.15, 0.2) is 0 Å². The van der Waals surface area contributed by atoms with E-state index in [1.165, 1.54) is 16.7 Å². The van der Waals surface area contributed by atoms with E-state index in [0.29, 0.717) is 17.6 Å². The van der Waals surface area contributed by atoms with Crippen molar-refractivity contribution in [2.75, 3.05) is 18.4 Å². The van der Waals surface area contributed by atoms with Gasteiger partial charge in [0, 0.05) is 61.1 Å². The summed E-state index contributed by atoms with van der Waals surface area (Å²) in [7, 11) is 0. The molecule has 1 unspecified atom stereocenters. The van der Waals surface area contributed by atoms with E-state index >= 15 is 0 Å². The highest BCUT2D eigenvalue weighted by Crippen LogP contribution is 2.28. The monoisotopic (exact) mass is 496 g/mol. The first-order valence-electron chi connectivity index (χ1n) is 13.0. The lowest BCUT2D eigenvalue weighted by molar-refractivity contribution is 0.0441. The molecule has 0 bridgehead atoms. The summed E-state index contributed by atoms with van der Waals surface area (Å²) in [5, 5.41) is 14.1. The molecule has 2 aromatic carbocycles. The summed E-state index contributed by atoms with van der Waals surface area (Å²) in [6.07, 6.45) is 4.80. The number of hydrogen-bond donors (Lipinski definition) is 2. The Bertz CT molecular complexity index is 1440. The summed E-state index contributed by atoms with van der Waals surface area (Å²) in [5.41, 5.74) is 8.00. The van der Waals surface area contributed by atoms with Gasteiger partial charge in [0.25, 0.3) is 5.91 Å². The Balaban J connectivity index is 1.09. The number of hydrogen-bond acceptors (Lipinski definition) is 7. The minimum absolute atomic E-state index is 0.0667. The summed E-state index contributed by atoms with van der Waals surface area (Å²) in [5.74, 6) is 0.721. The Kier molecular flexibility index (Phi) is 6.08. The fourth-order valence-corrected chi connectivity index (χ4v) is 5.81. The van der Waals surface area contributed by atoms with E-state index in [9.17, 15) is 4.79 Å². The highest BCUT2D eigenvalue weighted by Gasteiger charge is 2.34. The second-order valence-corrected chi connectivity index (χ2v) is 10.5. The zero-order valence-corrected chi connectivity index (χ0v) is 21.5. The zero-order valence-electron chi connectivity index (χ0n) is 21.5. The number of benzene rings is 2. The number of nitrogens with one attached hydrogen (secondary N) is 2. The molecule has 1 fully saturated rings. The third-order valence-electron chi connectivity index (χ3n) is 7.64. The van der Waals surface area contributed by atoms with E-state index < -0.39 is 0 Å². The Morgan fingerprint density at radius 1 is 1.11 bits per heavy atom. The second-order valence-electron chi connectivity index (χ2n) is 10.5. The highest BCUT2D eigenvalue weighted by molar-refractivity contribution is 5.97. The Morgan fingerprint density at radius 2 is 1.95 bits per heavy atom. The van der Waals surface area contributed by atoms with Crippen LogP contribution in [-0.4, -0.2) is 66.3 Å². The van der Waals surface area contributed by atoms with Crippen LogP contribution in [0.25, 0.3) is 11.0 Å². The topological polar surface area (TPSA) is 103 Å². The average Bonchev–Trinajstić information content (AvgIpc) is 3.35. The number of fused-ring (bicyclic) bond motifs is 2. The predicted octanol–water partition coefficient (Wildman–Crippen LogP) is 4.16. The van der Waals surface area contributed by atoms with Crippen molar-refractivity contribution >= 4 is 28.6 Å². The van der Waals surface area contributed by atoms with Crippen molar-refractivity contribution in [3.8, 4) is 0 Å². The summed E-state index contributed by atoms with van der Waals surface area (Å²) < 4.78 is 0. The quantitative estimate of drug-likeness (QED) is 0.437. The molecule has 0 aliphatic carbocycles. The van der Waals surface area contributed by atoms with Crippen molar-refractivity contribution in [1.29, 1.82) is 0 Å². The third kappa shape index (κ3) is 4.79. The van der Waals surface area contributed by atoms with E-state index in [2.05, 4.69) is 69.6 Å². The van der Waals surface area contributed by atoms with Gasteiger partial charge >= 0.3 is 0 Å². The number of aromatic amines is 1. The number of H-pyrrole nitrogens is 1. The average molecular weight is 497 g/mol. The van der Waals surface area contributed by atoms with E-state index in [1.807, 2.05) is 29.3 Å². The van der Waals surface area contributed by atoms with E-state index in [1.54, 1.807) is 0 Å². The van der Waals surface area contributed by atoms with Crippen LogP contribution < -0.4 is 5.32 Å². The van der Waals surface area contributed by atoms with Crippen molar-refractivity contribution in [3.05, 3.63) is 70.5 Å². The molecule has 4 aromatic rings. The van der Waals surface area contributed by atoms with Crippen molar-refractivity contribution < 1.29 is 4.79 Å². The number of rotatable bonds is 4. The molecule has 2 atom stereocenters. The molecule has 4 heterocycles. The van der Waals surface area contributed by atoms with Crippen LogP contribution in [0.2, 0.25) is 0 Å². The lowest BCUT2D eigenvalue weighted by atomic mass is 9.93. The molecule has 190 valence electrons. The van der Waals surface area contributed by atoms with Crippen LogP contribution in [0, 0.1) is 13.8 Å². The molecular formula is C28H32N8O. The van der Waals surface area contributed by atoms with Crippen LogP contribution in [0.5, 0.6) is 0 Å². The minimum atomic E-state index is 0.0667. The van der Waals surface area contributed by atoms with Gasteiger partial charge in [-0.1, -0.05) is 11.3 Å². The fraction of sp³-hybridized carbons (Fsp3) is 0.393. The number of aryl methyl sites for hydroxylation is 2. The van der Waals surface area contributed by atoms with Crippen LogP contribution in [0.3, 0.4) is 0 Å². The molecule has 2 N–H and O–H groups in total. The number of nitrogens with zero attached hydrogens (tertiary/aromatic N) is 6.